The van der Waals surface area contributed by atoms with Crippen molar-refractivity contribution in [2.24, 2.45) is 0 Å². The number of hydrogen-bond acceptors (Lipinski definition) is 1. The second kappa shape index (κ2) is 34.1. The Labute approximate surface area is 74.8 Å². The van der Waals surface area contributed by atoms with Crippen LogP contribution in [-0.2, 0) is 0 Å². The largest absolute Gasteiger partial charge is 1.00 e. The second-order valence-electron chi connectivity index (χ2n) is 0.0913. The van der Waals surface area contributed by atoms with E-state index >= 15 is 0 Å². The van der Waals surface area contributed by atoms with Crippen molar-refractivity contribution in [3.05, 3.63) is 5.41 Å². The minimum Gasteiger partial charge on any atom is -1.00 e. The molecule has 0 amide bonds. The van der Waals surface area contributed by atoms with Crippen LogP contribution in [0, 0.1) is 0 Å². The minimum absolute atomic E-state index is 0. The molecule has 0 atom stereocenters. The van der Waals surface area contributed by atoms with Gasteiger partial charge in [0.25, 0.3) is 0 Å². The first-order valence-electron chi connectivity index (χ1n) is 0.428. The third-order valence-corrected chi connectivity index (χ3v) is 0. The summed E-state index contributed by atoms with van der Waals surface area (Å²) < 4.78 is 0. The van der Waals surface area contributed by atoms with Crippen LogP contribution >= 0.6 is 12.2 Å². The maximum absolute atomic E-state index is 7.13. The summed E-state index contributed by atoms with van der Waals surface area (Å²) in [4.78, 5) is 0. The Morgan fingerprint density at radius 2 is 1.50 bits per heavy atom. The van der Waals surface area contributed by atoms with Crippen molar-refractivity contribution < 1.29 is 46.5 Å². The topological polar surface area (TPSA) is 58.8 Å². The van der Waals surface area contributed by atoms with E-state index in [2.05, 4.69) is 12.2 Å². The van der Waals surface area contributed by atoms with Gasteiger partial charge in [0, 0.05) is 0 Å². The zero-order valence-electron chi connectivity index (χ0n) is 3.73. The third-order valence-electron chi connectivity index (χ3n) is 0. The zero-order valence-corrected chi connectivity index (χ0v) is 8.14. The molecule has 6 heavy (non-hydrogen) atoms. The number of thiocarbonyl (C=S) groups is 1. The Bertz CT molecular complexity index is 34.5. The second-order valence-corrected chi connectivity index (χ2v) is 0.274. The molecule has 0 aromatic heterocycles. The van der Waals surface area contributed by atoms with Gasteiger partial charge >= 0.3 is 29.6 Å². The summed E-state index contributed by atoms with van der Waals surface area (Å²) in [5.74, 6) is 0. The average molecular weight is 179 g/mol. The van der Waals surface area contributed by atoms with E-state index in [1.807, 2.05) is 0 Å². The molecule has 0 fully saturated rings. The van der Waals surface area contributed by atoms with E-state index in [1.54, 1.807) is 0 Å². The quantitative estimate of drug-likeness (QED) is 0.226. The van der Waals surface area contributed by atoms with Crippen molar-refractivity contribution in [1.82, 2.24) is 6.15 Å². The van der Waals surface area contributed by atoms with Gasteiger partial charge in [0.2, 0.25) is 0 Å². The molecular formula is CH4BrN2NaS. The molecule has 0 aromatic carbocycles. The molecule has 0 aromatic rings. The molecule has 0 rings (SSSR count). The number of quaternary nitrogens is 1. The van der Waals surface area contributed by atoms with E-state index in [1.165, 1.54) is 5.16 Å². The summed E-state index contributed by atoms with van der Waals surface area (Å²) >= 11 is 3.70. The van der Waals surface area contributed by atoms with Crippen molar-refractivity contribution >= 4 is 17.4 Å². The fourth-order valence-electron chi connectivity index (χ4n) is 0. The van der Waals surface area contributed by atoms with Gasteiger partial charge in [-0.15, -0.1) is 0 Å². The minimum atomic E-state index is 0. The summed E-state index contributed by atoms with van der Waals surface area (Å²) in [5, 5.41) is 8.47. The Morgan fingerprint density at radius 1 is 1.50 bits per heavy atom. The van der Waals surface area contributed by atoms with Gasteiger partial charge in [-0.05, 0) is 0 Å². The van der Waals surface area contributed by atoms with Crippen LogP contribution in [-0.4, -0.2) is 5.16 Å². The van der Waals surface area contributed by atoms with Crippen LogP contribution < -0.4 is 52.7 Å². The Hall–Kier alpha value is 1.24. The Balaban J connectivity index is -0.00000000667. The van der Waals surface area contributed by atoms with Gasteiger partial charge in [-0.25, -0.2) is 0 Å². The van der Waals surface area contributed by atoms with Crippen LogP contribution in [0.15, 0.2) is 0 Å². The monoisotopic (exact) mass is 178 g/mol. The standard InChI is InChI=1S/CNS.BrH.H3N.Na/c2-1-3;;;/h;1H;1H3;/q-1;;;+1. The predicted molar refractivity (Wildman–Crippen MR) is 21.9 cm³/mol. The number of nitrogens with zero attached hydrogens (tertiary/aromatic N) is 1. The Morgan fingerprint density at radius 3 is 1.50 bits per heavy atom. The van der Waals surface area contributed by atoms with Crippen molar-refractivity contribution in [3.8, 4) is 0 Å². The van der Waals surface area contributed by atoms with E-state index in [9.17, 15) is 0 Å². The molecule has 0 bridgehead atoms. The van der Waals surface area contributed by atoms with Gasteiger partial charge in [-0.2, -0.15) is 5.16 Å². The first kappa shape index (κ1) is 26.9. The van der Waals surface area contributed by atoms with E-state index < -0.39 is 0 Å². The molecule has 0 aliphatic carbocycles. The molecule has 0 radical (unpaired) electrons. The molecule has 0 unspecified atom stereocenters. The van der Waals surface area contributed by atoms with Gasteiger partial charge < -0.3 is 28.5 Å². The summed E-state index contributed by atoms with van der Waals surface area (Å²) in [5.41, 5.74) is 0. The average Bonchev–Trinajstić information content (AvgIpc) is 0.918. The number of isothiocyanates is 1. The van der Waals surface area contributed by atoms with Gasteiger partial charge in [-0.1, -0.05) is 12.2 Å². The van der Waals surface area contributed by atoms with Gasteiger partial charge in [-0.3, -0.25) is 0 Å². The smallest absolute Gasteiger partial charge is 1.00 e. The fourth-order valence-corrected chi connectivity index (χ4v) is 0. The van der Waals surface area contributed by atoms with E-state index in [-0.39, 0.29) is 52.7 Å². The first-order chi connectivity index (χ1) is 1.41. The van der Waals surface area contributed by atoms with Crippen molar-refractivity contribution in [2.75, 3.05) is 0 Å². The Kier molecular flexibility index (Phi) is 153. The molecule has 5 heteroatoms. The van der Waals surface area contributed by atoms with Crippen LogP contribution in [0.1, 0.15) is 0 Å². The molecule has 0 saturated heterocycles. The van der Waals surface area contributed by atoms with E-state index in [0.29, 0.717) is 0 Å². The van der Waals surface area contributed by atoms with Crippen LogP contribution in [0.3, 0.4) is 0 Å². The molecular weight excluding hydrogens is 175 g/mol. The van der Waals surface area contributed by atoms with Crippen molar-refractivity contribution in [1.29, 1.82) is 0 Å². The molecule has 2 nitrogen and oxygen atoms in total. The first-order valence-corrected chi connectivity index (χ1v) is 0.836. The van der Waals surface area contributed by atoms with E-state index in [0.717, 1.165) is 0 Å². The number of halogens is 1. The van der Waals surface area contributed by atoms with Crippen LogP contribution in [0.5, 0.6) is 0 Å². The fraction of sp³-hybridized carbons (Fsp3) is 0. The van der Waals surface area contributed by atoms with Gasteiger partial charge in [0.1, 0.15) is 0 Å². The summed E-state index contributed by atoms with van der Waals surface area (Å²) in [6, 6.07) is 0. The SMILES string of the molecule is [Br-].[N-]=C=S.[NH4+].[Na+]. The van der Waals surface area contributed by atoms with Crippen LogP contribution in [0.25, 0.3) is 5.41 Å². The molecule has 0 spiro atoms. The molecule has 0 aliphatic heterocycles. The normalized spacial score (nSPS) is 1.33. The van der Waals surface area contributed by atoms with Crippen molar-refractivity contribution in [2.45, 2.75) is 0 Å². The van der Waals surface area contributed by atoms with Gasteiger partial charge in [0.15, 0.2) is 0 Å². The maximum Gasteiger partial charge on any atom is 1.00 e. The zero-order chi connectivity index (χ0) is 2.71. The summed E-state index contributed by atoms with van der Waals surface area (Å²) in [6.45, 7) is 0. The third kappa shape index (κ3) is 61.3. The number of rotatable bonds is 0. The predicted octanol–water partition coefficient (Wildman–Crippen LogP) is -4.96. The molecule has 0 aliphatic rings. The molecule has 0 heterocycles. The summed E-state index contributed by atoms with van der Waals surface area (Å²) in [7, 11) is 0. The van der Waals surface area contributed by atoms with Gasteiger partial charge in [0.05, 0.1) is 0 Å². The molecule has 0 saturated carbocycles. The molecule has 4 N–H and O–H groups in total. The summed E-state index contributed by atoms with van der Waals surface area (Å²) in [6.07, 6.45) is 0. The van der Waals surface area contributed by atoms with Crippen LogP contribution in [0.4, 0.5) is 0 Å². The molecule has 32 valence electrons. The number of hydrogen-bond donors (Lipinski definition) is 1. The van der Waals surface area contributed by atoms with Crippen LogP contribution in [0.2, 0.25) is 0 Å². The van der Waals surface area contributed by atoms with E-state index in [4.69, 9.17) is 5.41 Å². The maximum atomic E-state index is 7.13. The van der Waals surface area contributed by atoms with Crippen molar-refractivity contribution in [3.63, 3.8) is 0 Å².